The van der Waals surface area contributed by atoms with Gasteiger partial charge in [0.05, 0.1) is 0 Å². The molecule has 0 saturated heterocycles. The molecular weight excluding hydrogens is 565 g/mol. The second kappa shape index (κ2) is 11.8. The number of rotatable bonds is 7. The Labute approximate surface area is 267 Å². The highest BCUT2D eigenvalue weighted by molar-refractivity contribution is 7.25. The molecule has 0 spiro atoms. The average Bonchev–Trinajstić information content (AvgIpc) is 3.49. The summed E-state index contributed by atoms with van der Waals surface area (Å²) in [6, 6.07) is 64.9. The molecule has 214 valence electrons. The summed E-state index contributed by atoms with van der Waals surface area (Å²) in [6.45, 7) is 0. The van der Waals surface area contributed by atoms with E-state index in [1.54, 1.807) is 0 Å². The molecule has 0 unspecified atom stereocenters. The molecule has 1 aromatic heterocycles. The van der Waals surface area contributed by atoms with Gasteiger partial charge >= 0.3 is 0 Å². The smallest absolute Gasteiger partial charge is 0.0463 e. The van der Waals surface area contributed by atoms with E-state index < -0.39 is 0 Å². The molecule has 0 fully saturated rings. The third-order valence-electron chi connectivity index (χ3n) is 8.24. The summed E-state index contributed by atoms with van der Waals surface area (Å²) in [7, 11) is 0. The molecule has 0 aliphatic heterocycles. The van der Waals surface area contributed by atoms with Gasteiger partial charge in [-0.2, -0.15) is 0 Å². The zero-order valence-corrected chi connectivity index (χ0v) is 25.4. The zero-order valence-electron chi connectivity index (χ0n) is 24.6. The molecule has 1 heterocycles. The van der Waals surface area contributed by atoms with Gasteiger partial charge in [-0.15, -0.1) is 11.3 Å². The molecule has 0 saturated carbocycles. The van der Waals surface area contributed by atoms with Crippen LogP contribution in [0.15, 0.2) is 182 Å². The van der Waals surface area contributed by atoms with Crippen LogP contribution in [0.1, 0.15) is 0 Å². The fourth-order valence-corrected chi connectivity index (χ4v) is 7.17. The van der Waals surface area contributed by atoms with Crippen LogP contribution in [-0.4, -0.2) is 0 Å². The van der Waals surface area contributed by atoms with Gasteiger partial charge in [0.2, 0.25) is 0 Å². The Hall–Kier alpha value is -5.64. The third kappa shape index (κ3) is 5.24. The van der Waals surface area contributed by atoms with E-state index in [-0.39, 0.29) is 0 Å². The number of hydrogen-bond acceptors (Lipinski definition) is 3. The molecule has 7 aromatic carbocycles. The lowest BCUT2D eigenvalue weighted by molar-refractivity contribution is 1.26. The summed E-state index contributed by atoms with van der Waals surface area (Å²) in [4.78, 5) is 4.61. The Morgan fingerprint density at radius 1 is 0.289 bits per heavy atom. The predicted octanol–water partition coefficient (Wildman–Crippen LogP) is 12.7. The summed E-state index contributed by atoms with van der Waals surface area (Å²) in [6.07, 6.45) is 0. The topological polar surface area (TPSA) is 6.48 Å². The molecular formula is C42H30N2S. The number of nitrogens with zero attached hydrogens (tertiary/aromatic N) is 2. The van der Waals surface area contributed by atoms with Gasteiger partial charge in [-0.1, -0.05) is 91.0 Å². The van der Waals surface area contributed by atoms with E-state index in [1.807, 2.05) is 11.3 Å². The van der Waals surface area contributed by atoms with Crippen LogP contribution in [0.4, 0.5) is 34.1 Å². The molecule has 45 heavy (non-hydrogen) atoms. The van der Waals surface area contributed by atoms with E-state index in [2.05, 4.69) is 192 Å². The molecule has 0 N–H and O–H groups in total. The quantitative estimate of drug-likeness (QED) is 0.181. The lowest BCUT2D eigenvalue weighted by Gasteiger charge is -2.28. The normalized spacial score (nSPS) is 11.1. The van der Waals surface area contributed by atoms with Crippen molar-refractivity contribution < 1.29 is 0 Å². The van der Waals surface area contributed by atoms with Crippen molar-refractivity contribution in [2.24, 2.45) is 0 Å². The van der Waals surface area contributed by atoms with Gasteiger partial charge in [-0.05, 0) is 102 Å². The number of anilines is 6. The maximum absolute atomic E-state index is 2.34. The van der Waals surface area contributed by atoms with Gasteiger partial charge in [0, 0.05) is 54.3 Å². The molecule has 0 bridgehead atoms. The highest BCUT2D eigenvalue weighted by Gasteiger charge is 2.16. The number of benzene rings is 7. The van der Waals surface area contributed by atoms with Gasteiger partial charge in [-0.3, -0.25) is 0 Å². The highest BCUT2D eigenvalue weighted by Crippen LogP contribution is 2.40. The summed E-state index contributed by atoms with van der Waals surface area (Å²) >= 11 is 1.86. The van der Waals surface area contributed by atoms with Crippen molar-refractivity contribution in [3.05, 3.63) is 182 Å². The first-order chi connectivity index (χ1) is 22.3. The average molecular weight is 595 g/mol. The first-order valence-electron chi connectivity index (χ1n) is 15.2. The number of para-hydroxylation sites is 3. The van der Waals surface area contributed by atoms with Crippen molar-refractivity contribution in [1.29, 1.82) is 0 Å². The maximum atomic E-state index is 2.34. The SMILES string of the molecule is c1ccc(N(c2ccccc2)c2ccc(N(c3ccccc3)c3ccc(-c4ccc5sc6ccccc6c5c4)cc3)cc2)cc1. The minimum atomic E-state index is 1.10. The van der Waals surface area contributed by atoms with Gasteiger partial charge in [0.15, 0.2) is 0 Å². The van der Waals surface area contributed by atoms with Crippen LogP contribution in [0, 0.1) is 0 Å². The minimum Gasteiger partial charge on any atom is -0.311 e. The van der Waals surface area contributed by atoms with Crippen LogP contribution in [0.2, 0.25) is 0 Å². The van der Waals surface area contributed by atoms with Gasteiger partial charge in [-0.25, -0.2) is 0 Å². The van der Waals surface area contributed by atoms with Gasteiger partial charge in [0.25, 0.3) is 0 Å². The predicted molar refractivity (Wildman–Crippen MR) is 194 cm³/mol. The molecule has 0 radical (unpaired) electrons. The van der Waals surface area contributed by atoms with E-state index in [1.165, 1.54) is 31.3 Å². The van der Waals surface area contributed by atoms with Crippen LogP contribution in [-0.2, 0) is 0 Å². The zero-order chi connectivity index (χ0) is 30.0. The summed E-state index contributed by atoms with van der Waals surface area (Å²) in [5.41, 5.74) is 9.13. The van der Waals surface area contributed by atoms with E-state index >= 15 is 0 Å². The number of thiophene rings is 1. The lowest BCUT2D eigenvalue weighted by Crippen LogP contribution is -2.12. The molecule has 8 aromatic rings. The fourth-order valence-electron chi connectivity index (χ4n) is 6.08. The van der Waals surface area contributed by atoms with Crippen molar-refractivity contribution >= 4 is 65.6 Å². The molecule has 2 nitrogen and oxygen atoms in total. The molecule has 0 amide bonds. The van der Waals surface area contributed by atoms with Crippen LogP contribution < -0.4 is 9.80 Å². The summed E-state index contributed by atoms with van der Waals surface area (Å²) in [5.74, 6) is 0. The Balaban J connectivity index is 1.16. The highest BCUT2D eigenvalue weighted by atomic mass is 32.1. The van der Waals surface area contributed by atoms with Crippen molar-refractivity contribution in [3.63, 3.8) is 0 Å². The first-order valence-corrected chi connectivity index (χ1v) is 16.0. The molecule has 0 aliphatic carbocycles. The van der Waals surface area contributed by atoms with Crippen molar-refractivity contribution in [3.8, 4) is 11.1 Å². The van der Waals surface area contributed by atoms with Crippen LogP contribution in [0.3, 0.4) is 0 Å². The van der Waals surface area contributed by atoms with Crippen LogP contribution in [0.5, 0.6) is 0 Å². The van der Waals surface area contributed by atoms with E-state index in [9.17, 15) is 0 Å². The second-order valence-electron chi connectivity index (χ2n) is 11.0. The Morgan fingerprint density at radius 3 is 1.18 bits per heavy atom. The van der Waals surface area contributed by atoms with Crippen molar-refractivity contribution in [2.75, 3.05) is 9.80 Å². The molecule has 0 aliphatic rings. The Bertz CT molecular complexity index is 2150. The van der Waals surface area contributed by atoms with E-state index in [4.69, 9.17) is 0 Å². The third-order valence-corrected chi connectivity index (χ3v) is 9.40. The van der Waals surface area contributed by atoms with E-state index in [0.29, 0.717) is 0 Å². The summed E-state index contributed by atoms with van der Waals surface area (Å²) in [5, 5.41) is 2.65. The number of hydrogen-bond donors (Lipinski definition) is 0. The van der Waals surface area contributed by atoms with Gasteiger partial charge < -0.3 is 9.80 Å². The number of fused-ring (bicyclic) bond motifs is 3. The monoisotopic (exact) mass is 594 g/mol. The van der Waals surface area contributed by atoms with Gasteiger partial charge in [0.1, 0.15) is 0 Å². The fraction of sp³-hybridized carbons (Fsp3) is 0. The van der Waals surface area contributed by atoms with Crippen molar-refractivity contribution in [1.82, 2.24) is 0 Å². The Morgan fingerprint density at radius 2 is 0.667 bits per heavy atom. The molecule has 3 heteroatoms. The Kier molecular flexibility index (Phi) is 7.07. The lowest BCUT2D eigenvalue weighted by atomic mass is 10.0. The van der Waals surface area contributed by atoms with Crippen LogP contribution >= 0.6 is 11.3 Å². The minimum absolute atomic E-state index is 1.10. The first kappa shape index (κ1) is 26.9. The molecule has 8 rings (SSSR count). The van der Waals surface area contributed by atoms with Crippen LogP contribution in [0.25, 0.3) is 31.3 Å². The molecule has 0 atom stereocenters. The second-order valence-corrected chi connectivity index (χ2v) is 12.1. The van der Waals surface area contributed by atoms with E-state index in [0.717, 1.165) is 34.1 Å². The standard InChI is InChI=1S/C42H30N2S/c1-4-12-33(13-5-1)43(34-14-6-2-7-15-34)37-25-27-38(28-26-37)44(35-16-8-3-9-17-35)36-23-20-31(21-24-36)32-22-29-42-40(30-32)39-18-10-11-19-41(39)45-42/h1-30H. The maximum Gasteiger partial charge on any atom is 0.0463 e. The largest absolute Gasteiger partial charge is 0.311 e. The van der Waals surface area contributed by atoms with Crippen molar-refractivity contribution in [2.45, 2.75) is 0 Å². The summed E-state index contributed by atoms with van der Waals surface area (Å²) < 4.78 is 2.66.